The highest BCUT2D eigenvalue weighted by Gasteiger charge is 2.07. The monoisotopic (exact) mass is 558 g/mol. The third-order valence-electron chi connectivity index (χ3n) is 4.88. The molecule has 0 unspecified atom stereocenters. The molecule has 0 fully saturated rings. The van der Waals surface area contributed by atoms with E-state index in [1.165, 1.54) is 27.8 Å². The van der Waals surface area contributed by atoms with E-state index < -0.39 is 0 Å². The molecular weight excluding hydrogens is 531 g/mol. The van der Waals surface area contributed by atoms with E-state index in [4.69, 9.17) is 4.99 Å². The molecule has 6 nitrogen and oxygen atoms in total. The molecule has 0 amide bonds. The Bertz CT molecular complexity index is 1090. The minimum Gasteiger partial charge on any atom is -0.357 e. The molecule has 0 bridgehead atoms. The van der Waals surface area contributed by atoms with E-state index >= 15 is 0 Å². The van der Waals surface area contributed by atoms with Crippen molar-refractivity contribution in [3.8, 4) is 11.1 Å². The number of aromatic nitrogens is 3. The zero-order valence-corrected chi connectivity index (χ0v) is 21.1. The van der Waals surface area contributed by atoms with E-state index in [-0.39, 0.29) is 24.0 Å². The minimum atomic E-state index is 0. The largest absolute Gasteiger partial charge is 0.357 e. The number of nitrogens with zero attached hydrogens (tertiary/aromatic N) is 4. The summed E-state index contributed by atoms with van der Waals surface area (Å²) in [6.07, 6.45) is 3.29. The summed E-state index contributed by atoms with van der Waals surface area (Å²) < 4.78 is 1.82. The normalized spacial score (nSPS) is 11.1. The Morgan fingerprint density at radius 2 is 1.88 bits per heavy atom. The molecule has 0 radical (unpaired) electrons. The fourth-order valence-electron chi connectivity index (χ4n) is 3.32. The van der Waals surface area contributed by atoms with Crippen molar-refractivity contribution in [3.63, 3.8) is 0 Å². The molecule has 2 aromatic heterocycles. The van der Waals surface area contributed by atoms with Crippen LogP contribution < -0.4 is 10.6 Å². The molecule has 0 saturated carbocycles. The molecule has 2 N–H and O–H groups in total. The molecule has 0 aliphatic carbocycles. The Kier molecular flexibility index (Phi) is 9.24. The average Bonchev–Trinajstić information content (AvgIpc) is 3.51. The van der Waals surface area contributed by atoms with Crippen molar-refractivity contribution < 1.29 is 0 Å². The summed E-state index contributed by atoms with van der Waals surface area (Å²) in [4.78, 5) is 8.71. The van der Waals surface area contributed by atoms with Gasteiger partial charge in [0.1, 0.15) is 12.7 Å². The molecule has 2 heterocycles. The number of thiophene rings is 1. The van der Waals surface area contributed by atoms with Crippen LogP contribution in [0.15, 0.2) is 83.0 Å². The smallest absolute Gasteiger partial charge is 0.191 e. The first-order chi connectivity index (χ1) is 15.3. The Balaban J connectivity index is 0.00000289. The molecule has 0 saturated heterocycles. The van der Waals surface area contributed by atoms with Crippen molar-refractivity contribution in [2.75, 3.05) is 6.54 Å². The third-order valence-corrected chi connectivity index (χ3v) is 5.62. The molecule has 4 rings (SSSR count). The third kappa shape index (κ3) is 6.64. The summed E-state index contributed by atoms with van der Waals surface area (Å²) in [5, 5.41) is 15.2. The van der Waals surface area contributed by atoms with Crippen LogP contribution in [0.2, 0.25) is 0 Å². The first kappa shape index (κ1) is 23.9. The van der Waals surface area contributed by atoms with Gasteiger partial charge < -0.3 is 10.6 Å². The van der Waals surface area contributed by atoms with Gasteiger partial charge in [0.25, 0.3) is 0 Å². The van der Waals surface area contributed by atoms with E-state index in [1.807, 2.05) is 4.68 Å². The molecule has 4 aromatic rings. The summed E-state index contributed by atoms with van der Waals surface area (Å²) in [5.74, 6) is 0.826. The summed E-state index contributed by atoms with van der Waals surface area (Å²) in [6.45, 7) is 5.00. The maximum atomic E-state index is 4.71. The zero-order chi connectivity index (χ0) is 21.3. The van der Waals surface area contributed by atoms with Crippen LogP contribution in [0, 0.1) is 0 Å². The minimum absolute atomic E-state index is 0. The van der Waals surface area contributed by atoms with Gasteiger partial charge in [-0.25, -0.2) is 14.7 Å². The van der Waals surface area contributed by atoms with Crippen molar-refractivity contribution in [1.82, 2.24) is 25.4 Å². The highest BCUT2D eigenvalue weighted by molar-refractivity contribution is 14.0. The lowest BCUT2D eigenvalue weighted by molar-refractivity contribution is 0.685. The van der Waals surface area contributed by atoms with Crippen LogP contribution in [-0.4, -0.2) is 27.3 Å². The van der Waals surface area contributed by atoms with Gasteiger partial charge in [0, 0.05) is 13.1 Å². The maximum Gasteiger partial charge on any atom is 0.191 e. The van der Waals surface area contributed by atoms with Crippen molar-refractivity contribution in [1.29, 1.82) is 0 Å². The molecule has 0 aliphatic rings. The average molecular weight is 558 g/mol. The van der Waals surface area contributed by atoms with Gasteiger partial charge in [-0.2, -0.15) is 16.4 Å². The standard InChI is InChI=1S/C24H26N6S.HI/c1-2-26-24(27-13-20-11-12-31-16-20)28-14-22-5-3-4-6-23(22)21-9-7-19(8-10-21)15-30-18-25-17-29-30;/h3-12,16-18H,2,13-15H2,1H3,(H2,26,27,28);1H. The van der Waals surface area contributed by atoms with Crippen molar-refractivity contribution >= 4 is 41.3 Å². The predicted molar refractivity (Wildman–Crippen MR) is 142 cm³/mol. The number of halogens is 1. The van der Waals surface area contributed by atoms with Crippen molar-refractivity contribution in [2.24, 2.45) is 4.99 Å². The Morgan fingerprint density at radius 1 is 1.03 bits per heavy atom. The fraction of sp³-hybridized carbons (Fsp3) is 0.208. The topological polar surface area (TPSA) is 67.1 Å². The quantitative estimate of drug-likeness (QED) is 0.183. The van der Waals surface area contributed by atoms with Crippen LogP contribution in [0.5, 0.6) is 0 Å². The first-order valence-electron chi connectivity index (χ1n) is 10.3. The van der Waals surface area contributed by atoms with Crippen molar-refractivity contribution in [3.05, 3.63) is 94.7 Å². The Morgan fingerprint density at radius 3 is 2.59 bits per heavy atom. The molecular formula is C24H27IN6S. The zero-order valence-electron chi connectivity index (χ0n) is 17.9. The van der Waals surface area contributed by atoms with Gasteiger partial charge in [-0.1, -0.05) is 48.5 Å². The Labute approximate surface area is 209 Å². The first-order valence-corrected chi connectivity index (χ1v) is 11.3. The SMILES string of the molecule is CCNC(=NCc1ccsc1)NCc1ccccc1-c1ccc(Cn2cncn2)cc1.I. The number of aliphatic imine (C=N–C) groups is 1. The summed E-state index contributed by atoms with van der Waals surface area (Å²) in [6, 6.07) is 19.2. The summed E-state index contributed by atoms with van der Waals surface area (Å²) in [5.41, 5.74) is 6.07. The van der Waals surface area contributed by atoms with Crippen LogP contribution in [0.25, 0.3) is 11.1 Å². The number of benzene rings is 2. The number of hydrogen-bond donors (Lipinski definition) is 2. The second-order valence-corrected chi connectivity index (χ2v) is 7.91. The number of hydrogen-bond acceptors (Lipinski definition) is 4. The highest BCUT2D eigenvalue weighted by atomic mass is 127. The van der Waals surface area contributed by atoms with Crippen LogP contribution in [-0.2, 0) is 19.6 Å². The van der Waals surface area contributed by atoms with Crippen molar-refractivity contribution in [2.45, 2.75) is 26.6 Å². The van der Waals surface area contributed by atoms with Crippen LogP contribution in [0.4, 0.5) is 0 Å². The second kappa shape index (κ2) is 12.4. The van der Waals surface area contributed by atoms with Gasteiger partial charge in [-0.3, -0.25) is 0 Å². The lowest BCUT2D eigenvalue weighted by Crippen LogP contribution is -2.36. The lowest BCUT2D eigenvalue weighted by atomic mass is 9.98. The van der Waals surface area contributed by atoms with Crippen LogP contribution in [0.1, 0.15) is 23.6 Å². The molecule has 166 valence electrons. The number of nitrogens with one attached hydrogen (secondary N) is 2. The predicted octanol–water partition coefficient (Wildman–Crippen LogP) is 4.93. The van der Waals surface area contributed by atoms with Crippen LogP contribution >= 0.6 is 35.3 Å². The molecule has 0 spiro atoms. The van der Waals surface area contributed by atoms with Gasteiger partial charge in [0.15, 0.2) is 5.96 Å². The van der Waals surface area contributed by atoms with Gasteiger partial charge in [0.05, 0.1) is 13.1 Å². The molecule has 2 aromatic carbocycles. The van der Waals surface area contributed by atoms with E-state index in [0.29, 0.717) is 13.1 Å². The number of rotatable bonds is 8. The Hall–Kier alpha value is -2.72. The van der Waals surface area contributed by atoms with E-state index in [2.05, 4.69) is 93.0 Å². The van der Waals surface area contributed by atoms with Gasteiger partial charge in [-0.15, -0.1) is 24.0 Å². The maximum absolute atomic E-state index is 4.71. The molecule has 0 atom stereocenters. The van der Waals surface area contributed by atoms with E-state index in [9.17, 15) is 0 Å². The number of guanidine groups is 1. The molecule has 0 aliphatic heterocycles. The summed E-state index contributed by atoms with van der Waals surface area (Å²) in [7, 11) is 0. The van der Waals surface area contributed by atoms with E-state index in [1.54, 1.807) is 24.0 Å². The highest BCUT2D eigenvalue weighted by Crippen LogP contribution is 2.24. The van der Waals surface area contributed by atoms with E-state index in [0.717, 1.165) is 19.0 Å². The molecule has 8 heteroatoms. The fourth-order valence-corrected chi connectivity index (χ4v) is 3.98. The van der Waals surface area contributed by atoms with Gasteiger partial charge in [0.2, 0.25) is 0 Å². The van der Waals surface area contributed by atoms with Gasteiger partial charge in [-0.05, 0) is 51.6 Å². The summed E-state index contributed by atoms with van der Waals surface area (Å²) >= 11 is 1.70. The lowest BCUT2D eigenvalue weighted by Gasteiger charge is -2.14. The van der Waals surface area contributed by atoms with Gasteiger partial charge >= 0.3 is 0 Å². The van der Waals surface area contributed by atoms with Crippen LogP contribution in [0.3, 0.4) is 0 Å². The second-order valence-electron chi connectivity index (χ2n) is 7.13. The molecule has 32 heavy (non-hydrogen) atoms.